The minimum absolute atomic E-state index is 0.108. The second-order valence-corrected chi connectivity index (χ2v) is 10.8. The number of para-hydroxylation sites is 2. The van der Waals surface area contributed by atoms with Gasteiger partial charge in [0.15, 0.2) is 0 Å². The Kier molecular flexibility index (Phi) is 7.92. The van der Waals surface area contributed by atoms with E-state index in [2.05, 4.69) is 0 Å². The molecule has 0 aliphatic rings. The molecule has 2 aromatic carbocycles. The molecule has 30 heavy (non-hydrogen) atoms. The van der Waals surface area contributed by atoms with Crippen LogP contribution in [-0.4, -0.2) is 23.7 Å². The van der Waals surface area contributed by atoms with Crippen molar-refractivity contribution in [2.75, 3.05) is 0 Å². The standard InChI is InChI=1S/C22H24N2O5Se/c1-15(2)13-21(17-9-5-7-11-19(17)23(25)26)30(29)22(14-16(3)4)18-10-6-8-12-20(18)24(27)28/h5-14,21-22H,1-4H3. The number of benzene rings is 2. The Morgan fingerprint density at radius 2 is 1.10 bits per heavy atom. The summed E-state index contributed by atoms with van der Waals surface area (Å²) in [6.07, 6.45) is 3.53. The van der Waals surface area contributed by atoms with Crippen LogP contribution in [0.1, 0.15) is 48.5 Å². The fraction of sp³-hybridized carbons (Fsp3) is 0.273. The Hall–Kier alpha value is -2.96. The number of hydrogen-bond donors (Lipinski definition) is 0. The Labute approximate surface area is 179 Å². The number of nitro groups is 2. The first kappa shape index (κ1) is 23.3. The summed E-state index contributed by atoms with van der Waals surface area (Å²) in [4.78, 5) is 20.8. The van der Waals surface area contributed by atoms with Crippen LogP contribution in [0.15, 0.2) is 71.8 Å². The molecular formula is C22H24N2O5Se. The van der Waals surface area contributed by atoms with Gasteiger partial charge in [-0.05, 0) is 0 Å². The maximum absolute atomic E-state index is 13.9. The molecule has 8 heteroatoms. The molecule has 2 unspecified atom stereocenters. The van der Waals surface area contributed by atoms with Crippen LogP contribution in [0.4, 0.5) is 11.4 Å². The van der Waals surface area contributed by atoms with Gasteiger partial charge in [-0.15, -0.1) is 0 Å². The fourth-order valence-electron chi connectivity index (χ4n) is 3.12. The van der Waals surface area contributed by atoms with E-state index >= 15 is 0 Å². The minimum atomic E-state index is -2.97. The van der Waals surface area contributed by atoms with Crippen molar-refractivity contribution in [3.8, 4) is 0 Å². The van der Waals surface area contributed by atoms with Gasteiger partial charge in [0.25, 0.3) is 0 Å². The maximum atomic E-state index is 13.9. The van der Waals surface area contributed by atoms with E-state index in [-0.39, 0.29) is 11.4 Å². The van der Waals surface area contributed by atoms with E-state index in [9.17, 15) is 24.1 Å². The first-order valence-electron chi connectivity index (χ1n) is 9.29. The molecule has 0 fully saturated rings. The van der Waals surface area contributed by atoms with Crippen molar-refractivity contribution < 1.29 is 13.7 Å². The Morgan fingerprint density at radius 1 is 0.767 bits per heavy atom. The summed E-state index contributed by atoms with van der Waals surface area (Å²) in [7, 11) is 0. The first-order chi connectivity index (χ1) is 14.1. The molecule has 158 valence electrons. The third-order valence-electron chi connectivity index (χ3n) is 4.35. The van der Waals surface area contributed by atoms with Gasteiger partial charge < -0.3 is 0 Å². The zero-order valence-corrected chi connectivity index (χ0v) is 19.0. The van der Waals surface area contributed by atoms with Crippen molar-refractivity contribution in [3.63, 3.8) is 0 Å². The van der Waals surface area contributed by atoms with Gasteiger partial charge in [0.2, 0.25) is 0 Å². The van der Waals surface area contributed by atoms with Crippen molar-refractivity contribution in [1.82, 2.24) is 0 Å². The van der Waals surface area contributed by atoms with Crippen molar-refractivity contribution in [1.29, 1.82) is 0 Å². The summed E-state index contributed by atoms with van der Waals surface area (Å²) in [5.41, 5.74) is 2.22. The molecule has 0 spiro atoms. The van der Waals surface area contributed by atoms with Gasteiger partial charge >= 0.3 is 179 Å². The molecule has 0 aromatic heterocycles. The van der Waals surface area contributed by atoms with Gasteiger partial charge in [0, 0.05) is 0 Å². The summed E-state index contributed by atoms with van der Waals surface area (Å²) in [5.74, 6) is 0. The van der Waals surface area contributed by atoms with Crippen LogP contribution in [0.2, 0.25) is 0 Å². The van der Waals surface area contributed by atoms with Gasteiger partial charge in [-0.1, -0.05) is 0 Å². The monoisotopic (exact) mass is 476 g/mol. The van der Waals surface area contributed by atoms with Crippen LogP contribution in [0.5, 0.6) is 0 Å². The third-order valence-corrected chi connectivity index (χ3v) is 8.09. The topological polar surface area (TPSA) is 103 Å². The van der Waals surface area contributed by atoms with E-state index in [1.54, 1.807) is 48.6 Å². The van der Waals surface area contributed by atoms with Gasteiger partial charge in [-0.3, -0.25) is 0 Å². The molecule has 0 heterocycles. The van der Waals surface area contributed by atoms with Crippen LogP contribution in [0.3, 0.4) is 0 Å². The van der Waals surface area contributed by atoms with E-state index in [0.717, 1.165) is 11.1 Å². The summed E-state index contributed by atoms with van der Waals surface area (Å²) < 4.78 is 13.9. The predicted octanol–water partition coefficient (Wildman–Crippen LogP) is 5.80. The molecular weight excluding hydrogens is 451 g/mol. The summed E-state index contributed by atoms with van der Waals surface area (Å²) in [6, 6.07) is 12.5. The van der Waals surface area contributed by atoms with E-state index in [1.165, 1.54) is 12.1 Å². The first-order valence-corrected chi connectivity index (χ1v) is 12.0. The van der Waals surface area contributed by atoms with Crippen LogP contribution >= 0.6 is 0 Å². The zero-order valence-electron chi connectivity index (χ0n) is 17.3. The SMILES string of the molecule is CC(C)=CC(c1ccccc1[N+](=O)[O-])[Se](=O)C(C=C(C)C)c1ccccc1[N+](=O)[O-]. The zero-order chi connectivity index (χ0) is 22.4. The Bertz CT molecular complexity index is 956. The Balaban J connectivity index is 2.73. The quantitative estimate of drug-likeness (QED) is 0.208. The van der Waals surface area contributed by atoms with Gasteiger partial charge in [0.05, 0.1) is 0 Å². The molecule has 0 bridgehead atoms. The Morgan fingerprint density at radius 3 is 1.40 bits per heavy atom. The number of allylic oxidation sites excluding steroid dienone is 4. The van der Waals surface area contributed by atoms with Crippen LogP contribution in [-0.2, 0) is 3.83 Å². The van der Waals surface area contributed by atoms with E-state index in [0.29, 0.717) is 11.1 Å². The molecule has 0 saturated carbocycles. The number of nitro benzene ring substituents is 2. The van der Waals surface area contributed by atoms with Crippen molar-refractivity contribution in [2.45, 2.75) is 37.3 Å². The average Bonchev–Trinajstić information content (AvgIpc) is 2.69. The van der Waals surface area contributed by atoms with Crippen molar-refractivity contribution in [2.24, 2.45) is 0 Å². The molecule has 7 nitrogen and oxygen atoms in total. The van der Waals surface area contributed by atoms with E-state index < -0.39 is 33.3 Å². The molecule has 0 N–H and O–H groups in total. The molecule has 0 amide bonds. The van der Waals surface area contributed by atoms with Crippen molar-refractivity contribution >= 4 is 25.2 Å². The summed E-state index contributed by atoms with van der Waals surface area (Å²) in [6.45, 7) is 7.34. The molecule has 0 aliphatic heterocycles. The molecule has 0 radical (unpaired) electrons. The summed E-state index contributed by atoms with van der Waals surface area (Å²) >= 11 is -2.97. The van der Waals surface area contributed by atoms with Crippen LogP contribution in [0, 0.1) is 20.2 Å². The predicted molar refractivity (Wildman–Crippen MR) is 117 cm³/mol. The van der Waals surface area contributed by atoms with Crippen LogP contribution in [0.25, 0.3) is 0 Å². The van der Waals surface area contributed by atoms with E-state index in [4.69, 9.17) is 0 Å². The third kappa shape index (κ3) is 5.55. The average molecular weight is 475 g/mol. The van der Waals surface area contributed by atoms with Gasteiger partial charge in [-0.25, -0.2) is 0 Å². The number of nitrogens with zero attached hydrogens (tertiary/aromatic N) is 2. The van der Waals surface area contributed by atoms with Gasteiger partial charge in [0.1, 0.15) is 0 Å². The normalized spacial score (nSPS) is 13.6. The molecule has 0 saturated heterocycles. The molecule has 2 aromatic rings. The van der Waals surface area contributed by atoms with E-state index in [1.807, 2.05) is 27.7 Å². The number of rotatable bonds is 8. The number of hydrogen-bond acceptors (Lipinski definition) is 5. The van der Waals surface area contributed by atoms with Crippen molar-refractivity contribution in [3.05, 3.63) is 103 Å². The summed E-state index contributed by atoms with van der Waals surface area (Å²) in [5, 5.41) is 23.2. The fourth-order valence-corrected chi connectivity index (χ4v) is 7.37. The van der Waals surface area contributed by atoms with Gasteiger partial charge in [-0.2, -0.15) is 0 Å². The second-order valence-electron chi connectivity index (χ2n) is 7.29. The molecule has 0 aliphatic carbocycles. The molecule has 2 rings (SSSR count). The second kappa shape index (κ2) is 10.2. The molecule has 2 atom stereocenters. The van der Waals surface area contributed by atoms with Crippen LogP contribution < -0.4 is 0 Å².